The smallest absolute Gasteiger partial charge is 0.242 e. The summed E-state index contributed by atoms with van der Waals surface area (Å²) in [6, 6.07) is 24.9. The van der Waals surface area contributed by atoms with E-state index >= 15 is 0 Å². The number of sulfonamides is 1. The number of hydrogen-bond acceptors (Lipinski definition) is 4. The molecule has 0 fully saturated rings. The van der Waals surface area contributed by atoms with E-state index < -0.39 is 15.7 Å². The van der Waals surface area contributed by atoms with Gasteiger partial charge in [0.05, 0.1) is 12.0 Å². The van der Waals surface area contributed by atoms with Gasteiger partial charge in [0, 0.05) is 6.42 Å². The SMILES string of the molecule is COc1ccc(S(=O)(=O)NC(N)(Cc2ccccc2)c2ccccc2)cc1. The second kappa shape index (κ2) is 7.92. The van der Waals surface area contributed by atoms with Crippen molar-refractivity contribution in [2.24, 2.45) is 5.73 Å². The zero-order chi connectivity index (χ0) is 19.3. The molecule has 27 heavy (non-hydrogen) atoms. The lowest BCUT2D eigenvalue weighted by molar-refractivity contribution is 0.404. The molecule has 0 saturated heterocycles. The second-order valence-electron chi connectivity index (χ2n) is 6.28. The van der Waals surface area contributed by atoms with Crippen molar-refractivity contribution in [2.75, 3.05) is 7.11 Å². The highest BCUT2D eigenvalue weighted by atomic mass is 32.2. The monoisotopic (exact) mass is 382 g/mol. The molecule has 0 amide bonds. The molecule has 0 bridgehead atoms. The van der Waals surface area contributed by atoms with Crippen LogP contribution in [0.4, 0.5) is 0 Å². The summed E-state index contributed by atoms with van der Waals surface area (Å²) in [5.74, 6) is 0.584. The lowest BCUT2D eigenvalue weighted by Crippen LogP contribution is -2.54. The van der Waals surface area contributed by atoms with Gasteiger partial charge in [-0.25, -0.2) is 8.42 Å². The molecule has 0 aliphatic carbocycles. The van der Waals surface area contributed by atoms with Crippen molar-refractivity contribution in [3.63, 3.8) is 0 Å². The van der Waals surface area contributed by atoms with Crippen LogP contribution in [0.3, 0.4) is 0 Å². The predicted octanol–water partition coefficient (Wildman–Crippen LogP) is 3.03. The molecule has 1 unspecified atom stereocenters. The summed E-state index contributed by atoms with van der Waals surface area (Å²) in [5.41, 5.74) is 6.94. The Morgan fingerprint density at radius 3 is 2.00 bits per heavy atom. The van der Waals surface area contributed by atoms with Crippen molar-refractivity contribution in [3.05, 3.63) is 96.1 Å². The van der Waals surface area contributed by atoms with E-state index in [1.807, 2.05) is 60.7 Å². The summed E-state index contributed by atoms with van der Waals surface area (Å²) >= 11 is 0. The van der Waals surface area contributed by atoms with Gasteiger partial charge in [0.25, 0.3) is 0 Å². The third-order valence-electron chi connectivity index (χ3n) is 4.30. The Bertz CT molecular complexity index is 975. The molecule has 0 radical (unpaired) electrons. The molecule has 5 nitrogen and oxygen atoms in total. The summed E-state index contributed by atoms with van der Waals surface area (Å²) in [6.07, 6.45) is 0.313. The Balaban J connectivity index is 1.97. The first-order chi connectivity index (χ1) is 12.9. The summed E-state index contributed by atoms with van der Waals surface area (Å²) in [4.78, 5) is 0.127. The Hall–Kier alpha value is -2.67. The van der Waals surface area contributed by atoms with Crippen LogP contribution in [0.15, 0.2) is 89.8 Å². The van der Waals surface area contributed by atoms with E-state index in [0.29, 0.717) is 17.7 Å². The number of hydrogen-bond donors (Lipinski definition) is 2. The zero-order valence-corrected chi connectivity index (χ0v) is 15.8. The van der Waals surface area contributed by atoms with E-state index in [1.165, 1.54) is 19.2 Å². The lowest BCUT2D eigenvalue weighted by atomic mass is 9.94. The van der Waals surface area contributed by atoms with Crippen LogP contribution in [-0.4, -0.2) is 15.5 Å². The Labute approximate surface area is 159 Å². The molecule has 3 N–H and O–H groups in total. The van der Waals surface area contributed by atoms with Crippen LogP contribution in [0.25, 0.3) is 0 Å². The lowest BCUT2D eigenvalue weighted by Gasteiger charge is -2.31. The standard InChI is InChI=1S/C21H22N2O3S/c1-26-19-12-14-20(15-13-19)27(24,25)23-21(22,18-10-6-3-7-11-18)16-17-8-4-2-5-9-17/h2-15,23H,16,22H2,1H3. The molecule has 3 aromatic rings. The van der Waals surface area contributed by atoms with Gasteiger partial charge in [-0.2, -0.15) is 4.72 Å². The molecule has 0 spiro atoms. The summed E-state index contributed by atoms with van der Waals surface area (Å²) in [5, 5.41) is 0. The highest BCUT2D eigenvalue weighted by Gasteiger charge is 2.33. The fraction of sp³-hybridized carbons (Fsp3) is 0.143. The number of ether oxygens (including phenoxy) is 1. The number of nitrogens with one attached hydrogen (secondary N) is 1. The molecule has 0 aliphatic rings. The molecule has 0 aromatic heterocycles. The first-order valence-electron chi connectivity index (χ1n) is 8.49. The average Bonchev–Trinajstić information content (AvgIpc) is 2.69. The maximum atomic E-state index is 13.0. The van der Waals surface area contributed by atoms with Crippen molar-refractivity contribution in [1.29, 1.82) is 0 Å². The number of nitrogens with two attached hydrogens (primary N) is 1. The van der Waals surface area contributed by atoms with E-state index in [0.717, 1.165) is 5.56 Å². The fourth-order valence-corrected chi connectivity index (χ4v) is 4.19. The van der Waals surface area contributed by atoms with Gasteiger partial charge < -0.3 is 10.5 Å². The van der Waals surface area contributed by atoms with Crippen LogP contribution in [-0.2, 0) is 22.1 Å². The quantitative estimate of drug-likeness (QED) is 0.616. The van der Waals surface area contributed by atoms with Crippen molar-refractivity contribution in [3.8, 4) is 5.75 Å². The van der Waals surface area contributed by atoms with Crippen molar-refractivity contribution >= 4 is 10.0 Å². The van der Waals surface area contributed by atoms with Crippen LogP contribution >= 0.6 is 0 Å². The molecule has 0 aliphatic heterocycles. The van der Waals surface area contributed by atoms with Gasteiger partial charge in [-0.15, -0.1) is 0 Å². The van der Waals surface area contributed by atoms with Crippen LogP contribution < -0.4 is 15.2 Å². The minimum Gasteiger partial charge on any atom is -0.497 e. The highest BCUT2D eigenvalue weighted by Crippen LogP contribution is 2.24. The van der Waals surface area contributed by atoms with Gasteiger partial charge in [-0.3, -0.25) is 0 Å². The average molecular weight is 382 g/mol. The van der Waals surface area contributed by atoms with Gasteiger partial charge in [-0.05, 0) is 35.4 Å². The molecular formula is C21H22N2O3S. The third-order valence-corrected chi connectivity index (χ3v) is 5.83. The highest BCUT2D eigenvalue weighted by molar-refractivity contribution is 7.89. The molecule has 0 saturated carbocycles. The fourth-order valence-electron chi connectivity index (χ4n) is 2.90. The maximum absolute atomic E-state index is 13.0. The van der Waals surface area contributed by atoms with Crippen molar-refractivity contribution in [2.45, 2.75) is 17.0 Å². The Kier molecular flexibility index (Phi) is 5.60. The predicted molar refractivity (Wildman–Crippen MR) is 106 cm³/mol. The first-order valence-corrected chi connectivity index (χ1v) is 9.98. The van der Waals surface area contributed by atoms with E-state index in [1.54, 1.807) is 12.1 Å². The molecule has 3 aromatic carbocycles. The second-order valence-corrected chi connectivity index (χ2v) is 7.96. The summed E-state index contributed by atoms with van der Waals surface area (Å²) in [7, 11) is -2.31. The molecule has 0 heterocycles. The molecule has 140 valence electrons. The third kappa shape index (κ3) is 4.54. The van der Waals surface area contributed by atoms with Crippen molar-refractivity contribution < 1.29 is 13.2 Å². The van der Waals surface area contributed by atoms with E-state index in [2.05, 4.69) is 4.72 Å². The van der Waals surface area contributed by atoms with Gasteiger partial charge in [0.2, 0.25) is 10.0 Å². The number of rotatable bonds is 7. The van der Waals surface area contributed by atoms with Gasteiger partial charge in [0.1, 0.15) is 11.4 Å². The van der Waals surface area contributed by atoms with Gasteiger partial charge in [-0.1, -0.05) is 60.7 Å². The van der Waals surface area contributed by atoms with E-state index in [9.17, 15) is 8.42 Å². The topological polar surface area (TPSA) is 81.4 Å². The van der Waals surface area contributed by atoms with Gasteiger partial charge in [0.15, 0.2) is 0 Å². The molecule has 1 atom stereocenters. The Morgan fingerprint density at radius 2 is 1.44 bits per heavy atom. The number of methoxy groups -OCH3 is 1. The summed E-state index contributed by atoms with van der Waals surface area (Å²) in [6.45, 7) is 0. The van der Waals surface area contributed by atoms with Crippen LogP contribution in [0.5, 0.6) is 5.75 Å². The van der Waals surface area contributed by atoms with Crippen LogP contribution in [0, 0.1) is 0 Å². The maximum Gasteiger partial charge on any atom is 0.242 e. The molecular weight excluding hydrogens is 360 g/mol. The van der Waals surface area contributed by atoms with Crippen molar-refractivity contribution in [1.82, 2.24) is 4.72 Å². The number of benzene rings is 3. The van der Waals surface area contributed by atoms with Crippen LogP contribution in [0.2, 0.25) is 0 Å². The normalized spacial score (nSPS) is 13.7. The molecule has 3 rings (SSSR count). The van der Waals surface area contributed by atoms with Crippen LogP contribution in [0.1, 0.15) is 11.1 Å². The molecule has 6 heteroatoms. The van der Waals surface area contributed by atoms with E-state index in [4.69, 9.17) is 10.5 Å². The van der Waals surface area contributed by atoms with E-state index in [-0.39, 0.29) is 4.90 Å². The minimum absolute atomic E-state index is 0.127. The Morgan fingerprint density at radius 1 is 0.889 bits per heavy atom. The minimum atomic E-state index is -3.84. The zero-order valence-electron chi connectivity index (χ0n) is 15.0. The first kappa shape index (κ1) is 19.1. The largest absolute Gasteiger partial charge is 0.497 e. The van der Waals surface area contributed by atoms with Gasteiger partial charge >= 0.3 is 0 Å². The summed E-state index contributed by atoms with van der Waals surface area (Å²) < 4.78 is 33.7.